The zero-order chi connectivity index (χ0) is 13.8. The van der Waals surface area contributed by atoms with Crippen molar-refractivity contribution in [2.75, 3.05) is 12.4 Å². The van der Waals surface area contributed by atoms with E-state index in [2.05, 4.69) is 15.3 Å². The van der Waals surface area contributed by atoms with Crippen LogP contribution < -0.4 is 10.1 Å². The summed E-state index contributed by atoms with van der Waals surface area (Å²) in [6.45, 7) is 3.72. The predicted octanol–water partition coefficient (Wildman–Crippen LogP) is 2.35. The fraction of sp³-hybridized carbons (Fsp3) is 0.214. The van der Waals surface area contributed by atoms with Gasteiger partial charge in [-0.1, -0.05) is 6.07 Å². The van der Waals surface area contributed by atoms with Gasteiger partial charge in [0.1, 0.15) is 12.1 Å². The third kappa shape index (κ3) is 2.88. The number of hydrogen-bond donors (Lipinski definition) is 1. The number of nitrogens with one attached hydrogen (secondary N) is 1. The summed E-state index contributed by atoms with van der Waals surface area (Å²) >= 11 is 0. The van der Waals surface area contributed by atoms with E-state index in [1.165, 1.54) is 12.5 Å². The van der Waals surface area contributed by atoms with Gasteiger partial charge in [0.15, 0.2) is 0 Å². The molecule has 0 aliphatic rings. The van der Waals surface area contributed by atoms with Crippen LogP contribution >= 0.6 is 0 Å². The second kappa shape index (κ2) is 5.48. The van der Waals surface area contributed by atoms with Crippen LogP contribution in [-0.4, -0.2) is 23.0 Å². The van der Waals surface area contributed by atoms with Crippen molar-refractivity contribution in [2.45, 2.75) is 13.8 Å². The average molecular weight is 257 g/mol. The van der Waals surface area contributed by atoms with Crippen LogP contribution in [0, 0.1) is 13.8 Å². The third-order valence-electron chi connectivity index (χ3n) is 2.76. The second-order valence-electron chi connectivity index (χ2n) is 4.18. The van der Waals surface area contributed by atoms with Gasteiger partial charge in [-0.2, -0.15) is 0 Å². The molecule has 0 atom stereocenters. The molecule has 0 radical (unpaired) electrons. The molecule has 0 aliphatic carbocycles. The molecule has 5 heteroatoms. The molecule has 0 unspecified atom stereocenters. The summed E-state index contributed by atoms with van der Waals surface area (Å²) in [4.78, 5) is 20.0. The Morgan fingerprint density at radius 3 is 2.79 bits per heavy atom. The molecule has 1 N–H and O–H groups in total. The van der Waals surface area contributed by atoms with Crippen molar-refractivity contribution in [1.29, 1.82) is 0 Å². The summed E-state index contributed by atoms with van der Waals surface area (Å²) in [6.07, 6.45) is 2.92. The highest BCUT2D eigenvalue weighted by Gasteiger charge is 2.12. The number of nitrogens with zero attached hydrogens (tertiary/aromatic N) is 2. The SMILES string of the molecule is COc1ccc(C)cc1NC(=O)c1cncnc1C. The first-order valence-corrected chi connectivity index (χ1v) is 5.84. The zero-order valence-corrected chi connectivity index (χ0v) is 11.1. The van der Waals surface area contributed by atoms with Crippen LogP contribution in [0.4, 0.5) is 5.69 Å². The average Bonchev–Trinajstić information content (AvgIpc) is 2.39. The Balaban J connectivity index is 2.29. The minimum atomic E-state index is -0.248. The lowest BCUT2D eigenvalue weighted by atomic mass is 10.2. The largest absolute Gasteiger partial charge is 0.495 e. The summed E-state index contributed by atoms with van der Waals surface area (Å²) in [5.74, 6) is 0.371. The smallest absolute Gasteiger partial charge is 0.259 e. The van der Waals surface area contributed by atoms with Crippen molar-refractivity contribution in [1.82, 2.24) is 9.97 Å². The maximum atomic E-state index is 12.2. The molecule has 1 aromatic heterocycles. The van der Waals surface area contributed by atoms with Gasteiger partial charge >= 0.3 is 0 Å². The molecule has 2 aromatic rings. The zero-order valence-electron chi connectivity index (χ0n) is 11.1. The van der Waals surface area contributed by atoms with Gasteiger partial charge in [0, 0.05) is 6.20 Å². The molecule has 0 saturated heterocycles. The molecule has 98 valence electrons. The van der Waals surface area contributed by atoms with Crippen LogP contribution in [0.5, 0.6) is 5.75 Å². The van der Waals surface area contributed by atoms with Gasteiger partial charge in [0.05, 0.1) is 24.1 Å². The lowest BCUT2D eigenvalue weighted by Crippen LogP contribution is -2.15. The monoisotopic (exact) mass is 257 g/mol. The summed E-state index contributed by atoms with van der Waals surface area (Å²) in [7, 11) is 1.57. The molecule has 0 saturated carbocycles. The van der Waals surface area contributed by atoms with Gasteiger partial charge in [-0.05, 0) is 31.5 Å². The Bertz CT molecular complexity index is 611. The van der Waals surface area contributed by atoms with E-state index in [0.29, 0.717) is 22.7 Å². The van der Waals surface area contributed by atoms with E-state index < -0.39 is 0 Å². The van der Waals surface area contributed by atoms with Crippen molar-refractivity contribution < 1.29 is 9.53 Å². The molecule has 0 spiro atoms. The van der Waals surface area contributed by atoms with E-state index in [-0.39, 0.29) is 5.91 Å². The first kappa shape index (κ1) is 13.0. The number of carbonyl (C=O) groups excluding carboxylic acids is 1. The van der Waals surface area contributed by atoms with Crippen LogP contribution in [0.3, 0.4) is 0 Å². The highest BCUT2D eigenvalue weighted by molar-refractivity contribution is 6.05. The maximum Gasteiger partial charge on any atom is 0.259 e. The minimum absolute atomic E-state index is 0.248. The highest BCUT2D eigenvalue weighted by atomic mass is 16.5. The molecule has 2 rings (SSSR count). The highest BCUT2D eigenvalue weighted by Crippen LogP contribution is 2.25. The van der Waals surface area contributed by atoms with Crippen molar-refractivity contribution in [3.05, 3.63) is 47.5 Å². The van der Waals surface area contributed by atoms with Gasteiger partial charge in [-0.25, -0.2) is 9.97 Å². The summed E-state index contributed by atoms with van der Waals surface area (Å²) in [5.41, 5.74) is 2.76. The van der Waals surface area contributed by atoms with Crippen LogP contribution in [0.1, 0.15) is 21.6 Å². The molecule has 1 heterocycles. The van der Waals surface area contributed by atoms with Gasteiger partial charge in [-0.15, -0.1) is 0 Å². The van der Waals surface area contributed by atoms with Gasteiger partial charge in [-0.3, -0.25) is 4.79 Å². The van der Waals surface area contributed by atoms with Crippen molar-refractivity contribution in [3.63, 3.8) is 0 Å². The van der Waals surface area contributed by atoms with Crippen molar-refractivity contribution in [2.24, 2.45) is 0 Å². The molecule has 0 aliphatic heterocycles. The molecule has 5 nitrogen and oxygen atoms in total. The fourth-order valence-corrected chi connectivity index (χ4v) is 1.72. The molecule has 1 amide bonds. The van der Waals surface area contributed by atoms with Gasteiger partial charge < -0.3 is 10.1 Å². The maximum absolute atomic E-state index is 12.2. The van der Waals surface area contributed by atoms with Crippen molar-refractivity contribution in [3.8, 4) is 5.75 Å². The lowest BCUT2D eigenvalue weighted by Gasteiger charge is -2.11. The normalized spacial score (nSPS) is 10.1. The first-order valence-electron chi connectivity index (χ1n) is 5.84. The van der Waals surface area contributed by atoms with Crippen LogP contribution in [0.25, 0.3) is 0 Å². The molecular formula is C14H15N3O2. The Morgan fingerprint density at radius 2 is 2.11 bits per heavy atom. The number of benzene rings is 1. The number of aromatic nitrogens is 2. The lowest BCUT2D eigenvalue weighted by molar-refractivity contribution is 0.102. The molecule has 0 fully saturated rings. The van der Waals surface area contributed by atoms with Crippen LogP contribution in [0.15, 0.2) is 30.7 Å². The standard InChI is InChI=1S/C14H15N3O2/c1-9-4-5-13(19-3)12(6-9)17-14(18)11-7-15-8-16-10(11)2/h4-8H,1-3H3,(H,17,18). The first-order chi connectivity index (χ1) is 9.11. The predicted molar refractivity (Wildman–Crippen MR) is 72.5 cm³/mol. The number of ether oxygens (including phenoxy) is 1. The van der Waals surface area contributed by atoms with E-state index in [0.717, 1.165) is 5.56 Å². The molecular weight excluding hydrogens is 242 g/mol. The van der Waals surface area contributed by atoms with Crippen LogP contribution in [0.2, 0.25) is 0 Å². The van der Waals surface area contributed by atoms with Gasteiger partial charge in [0.2, 0.25) is 0 Å². The summed E-state index contributed by atoms with van der Waals surface area (Å²) < 4.78 is 5.22. The van der Waals surface area contributed by atoms with Crippen molar-refractivity contribution >= 4 is 11.6 Å². The third-order valence-corrected chi connectivity index (χ3v) is 2.76. The number of rotatable bonds is 3. The van der Waals surface area contributed by atoms with E-state index in [1.807, 2.05) is 25.1 Å². The second-order valence-corrected chi connectivity index (χ2v) is 4.18. The van der Waals surface area contributed by atoms with E-state index in [9.17, 15) is 4.79 Å². The van der Waals surface area contributed by atoms with Gasteiger partial charge in [0.25, 0.3) is 5.91 Å². The fourth-order valence-electron chi connectivity index (χ4n) is 1.72. The molecule has 0 bridgehead atoms. The Labute approximate surface area is 111 Å². The van der Waals surface area contributed by atoms with E-state index in [1.54, 1.807) is 14.0 Å². The van der Waals surface area contributed by atoms with E-state index >= 15 is 0 Å². The number of anilines is 1. The number of hydrogen-bond acceptors (Lipinski definition) is 4. The number of methoxy groups -OCH3 is 1. The minimum Gasteiger partial charge on any atom is -0.495 e. The number of amides is 1. The molecule has 1 aromatic carbocycles. The van der Waals surface area contributed by atoms with Crippen LogP contribution in [-0.2, 0) is 0 Å². The quantitative estimate of drug-likeness (QED) is 0.916. The number of aryl methyl sites for hydroxylation is 2. The van der Waals surface area contributed by atoms with E-state index in [4.69, 9.17) is 4.74 Å². The Hall–Kier alpha value is -2.43. The molecule has 19 heavy (non-hydrogen) atoms. The Kier molecular flexibility index (Phi) is 3.75. The summed E-state index contributed by atoms with van der Waals surface area (Å²) in [6, 6.07) is 5.60. The Morgan fingerprint density at radius 1 is 1.32 bits per heavy atom. The topological polar surface area (TPSA) is 64.1 Å². The number of carbonyl (C=O) groups is 1. The summed E-state index contributed by atoms with van der Waals surface area (Å²) in [5, 5.41) is 2.82.